The lowest BCUT2D eigenvalue weighted by Gasteiger charge is -2.17. The van der Waals surface area contributed by atoms with Gasteiger partial charge in [-0.2, -0.15) is 5.10 Å². The lowest BCUT2D eigenvalue weighted by Crippen LogP contribution is -2.31. The Hall–Kier alpha value is -2.83. The first-order valence-electron chi connectivity index (χ1n) is 8.99. The lowest BCUT2D eigenvalue weighted by molar-refractivity contribution is -0.115. The molecule has 1 heterocycles. The molecule has 1 unspecified atom stereocenters. The Bertz CT molecular complexity index is 941. The largest absolute Gasteiger partial charge is 0.496 e. The number of ether oxygens (including phenoxy) is 1. The summed E-state index contributed by atoms with van der Waals surface area (Å²) in [4.78, 5) is 12.4. The van der Waals surface area contributed by atoms with Gasteiger partial charge in [0.05, 0.1) is 26.4 Å². The zero-order valence-corrected chi connectivity index (χ0v) is 16.6. The highest BCUT2D eigenvalue weighted by Crippen LogP contribution is 2.24. The molecule has 0 aliphatic rings. The standard InChI is InChI=1S/C21H23ClN4O2/c1-15(18-8-3-4-9-19(18)28-2)23-13-21(27)25-20-10-11-24-26(20)14-16-6-5-7-17(22)12-16/h3-12,15,23H,13-14H2,1-2H3,(H,25,27). The van der Waals surface area contributed by atoms with Crippen molar-refractivity contribution in [3.05, 3.63) is 76.9 Å². The van der Waals surface area contributed by atoms with Crippen molar-refractivity contribution in [3.63, 3.8) is 0 Å². The van der Waals surface area contributed by atoms with E-state index in [1.165, 1.54) is 0 Å². The van der Waals surface area contributed by atoms with Crippen LogP contribution in [0.1, 0.15) is 24.1 Å². The van der Waals surface area contributed by atoms with Gasteiger partial charge in [0.2, 0.25) is 5.91 Å². The molecule has 28 heavy (non-hydrogen) atoms. The summed E-state index contributed by atoms with van der Waals surface area (Å²) in [5.41, 5.74) is 2.01. The minimum atomic E-state index is -0.144. The number of carbonyl (C=O) groups is 1. The topological polar surface area (TPSA) is 68.2 Å². The molecule has 0 aliphatic carbocycles. The van der Waals surface area contributed by atoms with E-state index in [9.17, 15) is 4.79 Å². The molecule has 3 rings (SSSR count). The summed E-state index contributed by atoms with van der Waals surface area (Å²) >= 11 is 6.04. The van der Waals surface area contributed by atoms with E-state index in [1.54, 1.807) is 24.1 Å². The van der Waals surface area contributed by atoms with E-state index >= 15 is 0 Å². The second-order valence-corrected chi connectivity index (χ2v) is 6.83. The number of para-hydroxylation sites is 1. The Morgan fingerprint density at radius 2 is 2.04 bits per heavy atom. The normalized spacial score (nSPS) is 11.8. The molecule has 0 bridgehead atoms. The molecule has 0 saturated heterocycles. The highest BCUT2D eigenvalue weighted by atomic mass is 35.5. The maximum Gasteiger partial charge on any atom is 0.239 e. The molecule has 0 spiro atoms. The maximum absolute atomic E-state index is 12.4. The van der Waals surface area contributed by atoms with Crippen molar-refractivity contribution in [1.29, 1.82) is 0 Å². The average molecular weight is 399 g/mol. The first-order valence-corrected chi connectivity index (χ1v) is 9.37. The molecule has 3 aromatic rings. The SMILES string of the molecule is COc1ccccc1C(C)NCC(=O)Nc1ccnn1Cc1cccc(Cl)c1. The molecule has 146 valence electrons. The van der Waals surface area contributed by atoms with Crippen molar-refractivity contribution in [3.8, 4) is 5.75 Å². The minimum Gasteiger partial charge on any atom is -0.496 e. The van der Waals surface area contributed by atoms with Crippen molar-refractivity contribution in [1.82, 2.24) is 15.1 Å². The van der Waals surface area contributed by atoms with Crippen LogP contribution in [0, 0.1) is 0 Å². The average Bonchev–Trinajstić information content (AvgIpc) is 3.12. The Labute approximate surface area is 169 Å². The third-order valence-corrected chi connectivity index (χ3v) is 4.61. The zero-order valence-electron chi connectivity index (χ0n) is 15.9. The van der Waals surface area contributed by atoms with E-state index < -0.39 is 0 Å². The van der Waals surface area contributed by atoms with Gasteiger partial charge in [-0.25, -0.2) is 4.68 Å². The summed E-state index contributed by atoms with van der Waals surface area (Å²) in [5, 5.41) is 11.1. The molecule has 2 N–H and O–H groups in total. The molecule has 2 aromatic carbocycles. The molecule has 1 aromatic heterocycles. The Morgan fingerprint density at radius 3 is 2.82 bits per heavy atom. The summed E-state index contributed by atoms with van der Waals surface area (Å²) in [6, 6.07) is 17.1. The predicted octanol–water partition coefficient (Wildman–Crippen LogP) is 3.88. The maximum atomic E-state index is 12.4. The molecule has 1 atom stereocenters. The molecule has 0 saturated carbocycles. The molecule has 1 amide bonds. The Balaban J connectivity index is 1.58. The van der Waals surface area contributed by atoms with Crippen LogP contribution in [-0.2, 0) is 11.3 Å². The lowest BCUT2D eigenvalue weighted by atomic mass is 10.1. The number of methoxy groups -OCH3 is 1. The fourth-order valence-electron chi connectivity index (χ4n) is 2.94. The van der Waals surface area contributed by atoms with Crippen LogP contribution in [0.15, 0.2) is 60.8 Å². The van der Waals surface area contributed by atoms with Crippen molar-refractivity contribution in [2.75, 3.05) is 19.0 Å². The first-order chi connectivity index (χ1) is 13.6. The van der Waals surface area contributed by atoms with E-state index in [0.717, 1.165) is 16.9 Å². The number of hydrogen-bond donors (Lipinski definition) is 2. The first kappa shape index (κ1) is 19.9. The van der Waals surface area contributed by atoms with E-state index in [1.807, 2.05) is 55.5 Å². The van der Waals surface area contributed by atoms with Crippen molar-refractivity contribution >= 4 is 23.3 Å². The van der Waals surface area contributed by atoms with Crippen LogP contribution in [0.2, 0.25) is 5.02 Å². The quantitative estimate of drug-likeness (QED) is 0.604. The number of benzene rings is 2. The molecular weight excluding hydrogens is 376 g/mol. The van der Waals surface area contributed by atoms with Gasteiger partial charge in [0.25, 0.3) is 0 Å². The van der Waals surface area contributed by atoms with Gasteiger partial charge in [-0.15, -0.1) is 0 Å². The smallest absolute Gasteiger partial charge is 0.239 e. The third-order valence-electron chi connectivity index (χ3n) is 4.38. The fourth-order valence-corrected chi connectivity index (χ4v) is 3.15. The van der Waals surface area contributed by atoms with E-state index in [2.05, 4.69) is 15.7 Å². The molecule has 0 fully saturated rings. The van der Waals surface area contributed by atoms with E-state index in [0.29, 0.717) is 17.4 Å². The van der Waals surface area contributed by atoms with Crippen LogP contribution in [0.5, 0.6) is 5.75 Å². The summed E-state index contributed by atoms with van der Waals surface area (Å²) in [5.74, 6) is 1.29. The highest BCUT2D eigenvalue weighted by Gasteiger charge is 2.13. The van der Waals surface area contributed by atoms with Gasteiger partial charge >= 0.3 is 0 Å². The van der Waals surface area contributed by atoms with Crippen LogP contribution in [0.25, 0.3) is 0 Å². The van der Waals surface area contributed by atoms with Crippen LogP contribution in [-0.4, -0.2) is 29.3 Å². The number of amides is 1. The molecule has 0 radical (unpaired) electrons. The fraction of sp³-hybridized carbons (Fsp3) is 0.238. The third kappa shape index (κ3) is 5.12. The van der Waals surface area contributed by atoms with Crippen LogP contribution < -0.4 is 15.4 Å². The van der Waals surface area contributed by atoms with Gasteiger partial charge in [-0.05, 0) is 30.7 Å². The number of aromatic nitrogens is 2. The van der Waals surface area contributed by atoms with Gasteiger partial charge in [0.15, 0.2) is 0 Å². The minimum absolute atomic E-state index is 0.0294. The summed E-state index contributed by atoms with van der Waals surface area (Å²) in [6.45, 7) is 2.68. The Morgan fingerprint density at radius 1 is 1.21 bits per heavy atom. The summed E-state index contributed by atoms with van der Waals surface area (Å²) < 4.78 is 7.11. The van der Waals surface area contributed by atoms with E-state index in [4.69, 9.17) is 16.3 Å². The van der Waals surface area contributed by atoms with Gasteiger partial charge in [-0.1, -0.05) is 41.9 Å². The molecular formula is C21H23ClN4O2. The summed E-state index contributed by atoms with van der Waals surface area (Å²) in [6.07, 6.45) is 1.66. The second kappa shape index (κ2) is 9.39. The number of nitrogens with zero attached hydrogens (tertiary/aromatic N) is 2. The molecule has 6 nitrogen and oxygen atoms in total. The van der Waals surface area contributed by atoms with Gasteiger partial charge in [0.1, 0.15) is 11.6 Å². The number of carbonyl (C=O) groups excluding carboxylic acids is 1. The second-order valence-electron chi connectivity index (χ2n) is 6.40. The molecule has 0 aliphatic heterocycles. The van der Waals surface area contributed by atoms with Gasteiger partial charge in [-0.3, -0.25) is 4.79 Å². The number of nitrogens with one attached hydrogen (secondary N) is 2. The van der Waals surface area contributed by atoms with Crippen LogP contribution in [0.4, 0.5) is 5.82 Å². The van der Waals surface area contributed by atoms with Gasteiger partial charge in [0, 0.05) is 22.7 Å². The van der Waals surface area contributed by atoms with Crippen molar-refractivity contribution in [2.24, 2.45) is 0 Å². The number of halogens is 1. The Kier molecular flexibility index (Phi) is 6.68. The number of rotatable bonds is 8. The molecule has 7 heteroatoms. The monoisotopic (exact) mass is 398 g/mol. The van der Waals surface area contributed by atoms with Crippen LogP contribution >= 0.6 is 11.6 Å². The predicted molar refractivity (Wildman–Crippen MR) is 111 cm³/mol. The zero-order chi connectivity index (χ0) is 19.9. The van der Waals surface area contributed by atoms with Crippen molar-refractivity contribution in [2.45, 2.75) is 19.5 Å². The summed E-state index contributed by atoms with van der Waals surface area (Å²) in [7, 11) is 1.64. The van der Waals surface area contributed by atoms with Crippen LogP contribution in [0.3, 0.4) is 0 Å². The van der Waals surface area contributed by atoms with E-state index in [-0.39, 0.29) is 18.5 Å². The van der Waals surface area contributed by atoms with Gasteiger partial charge < -0.3 is 15.4 Å². The number of anilines is 1. The van der Waals surface area contributed by atoms with Crippen molar-refractivity contribution < 1.29 is 9.53 Å². The number of hydrogen-bond acceptors (Lipinski definition) is 4. The highest BCUT2D eigenvalue weighted by molar-refractivity contribution is 6.30.